The number of hydrogen-bond acceptors (Lipinski definition) is 2. The monoisotopic (exact) mass is 223 g/mol. The van der Waals surface area contributed by atoms with Crippen LogP contribution in [0.1, 0.15) is 0 Å². The summed E-state index contributed by atoms with van der Waals surface area (Å²) < 4.78 is 5.75. The van der Waals surface area contributed by atoms with Crippen molar-refractivity contribution in [2.75, 3.05) is 7.11 Å². The molecule has 4 heteroatoms. The molecular formula is C6H7BrClNO. The van der Waals surface area contributed by atoms with Crippen LogP contribution in [0, 0.1) is 0 Å². The summed E-state index contributed by atoms with van der Waals surface area (Å²) in [7, 11) is 1.54. The van der Waals surface area contributed by atoms with Crippen LogP contribution < -0.4 is 5.32 Å². The lowest BCUT2D eigenvalue weighted by atomic mass is 10.3. The minimum absolute atomic E-state index is 0.770. The second-order valence-corrected chi connectivity index (χ2v) is 3.20. The average Bonchev–Trinajstić information content (AvgIpc) is 1.96. The maximum absolute atomic E-state index is 5.91. The summed E-state index contributed by atoms with van der Waals surface area (Å²) >= 11 is 9.17. The fourth-order valence-electron chi connectivity index (χ4n) is 0.620. The molecule has 0 bridgehead atoms. The van der Waals surface area contributed by atoms with Gasteiger partial charge in [-0.3, -0.25) is 0 Å². The van der Waals surface area contributed by atoms with Crippen molar-refractivity contribution in [2.45, 2.75) is 5.18 Å². The number of allylic oxidation sites excluding steroid dienone is 2. The third-order valence-electron chi connectivity index (χ3n) is 1.20. The number of rotatable bonds is 1. The molecular weight excluding hydrogens is 217 g/mol. The number of ether oxygens (including phenoxy) is 1. The van der Waals surface area contributed by atoms with Crippen LogP contribution in [-0.4, -0.2) is 12.3 Å². The number of nitrogens with one attached hydrogen (secondary N) is 1. The Bertz CT molecular complexity index is 192. The van der Waals surface area contributed by atoms with Gasteiger partial charge in [-0.2, -0.15) is 0 Å². The van der Waals surface area contributed by atoms with E-state index in [4.69, 9.17) is 16.3 Å². The highest BCUT2D eigenvalue weighted by Gasteiger charge is 2.29. The predicted molar refractivity (Wildman–Crippen MR) is 44.9 cm³/mol. The summed E-state index contributed by atoms with van der Waals surface area (Å²) in [5.74, 6) is 0. The minimum atomic E-state index is -0.908. The van der Waals surface area contributed by atoms with Gasteiger partial charge >= 0.3 is 0 Å². The standard InChI is InChI=1S/C6H7BrClNO/c1-10-6(8)5(7)3-2-4-9-6/h2-4,9H,1H3. The lowest BCUT2D eigenvalue weighted by molar-refractivity contribution is 0.0836. The molecule has 0 spiro atoms. The van der Waals surface area contributed by atoms with Gasteiger partial charge in [0.25, 0.3) is 0 Å². The fraction of sp³-hybridized carbons (Fsp3) is 0.333. The number of alkyl halides is 1. The first-order valence-corrected chi connectivity index (χ1v) is 3.91. The van der Waals surface area contributed by atoms with Gasteiger partial charge in [-0.15, -0.1) is 0 Å². The molecule has 1 atom stereocenters. The molecule has 1 rings (SSSR count). The van der Waals surface area contributed by atoms with Gasteiger partial charge in [0.15, 0.2) is 0 Å². The van der Waals surface area contributed by atoms with E-state index in [9.17, 15) is 0 Å². The van der Waals surface area contributed by atoms with Crippen LogP contribution in [0.25, 0.3) is 0 Å². The summed E-state index contributed by atoms with van der Waals surface area (Å²) in [6.45, 7) is 0. The SMILES string of the molecule is COC1(Cl)NC=CC=C1Br. The van der Waals surface area contributed by atoms with E-state index in [1.807, 2.05) is 12.2 Å². The molecule has 1 aliphatic rings. The molecule has 0 saturated carbocycles. The minimum Gasteiger partial charge on any atom is -0.347 e. The largest absolute Gasteiger partial charge is 0.347 e. The Kier molecular flexibility index (Phi) is 2.39. The topological polar surface area (TPSA) is 21.3 Å². The van der Waals surface area contributed by atoms with Gasteiger partial charge in [-0.1, -0.05) is 11.6 Å². The Hall–Kier alpha value is 0.01000. The zero-order chi connectivity index (χ0) is 7.61. The van der Waals surface area contributed by atoms with Gasteiger partial charge in [-0.05, 0) is 28.1 Å². The van der Waals surface area contributed by atoms with E-state index in [0.29, 0.717) is 0 Å². The van der Waals surface area contributed by atoms with Crippen LogP contribution in [-0.2, 0) is 4.74 Å². The molecule has 1 aliphatic heterocycles. The highest BCUT2D eigenvalue weighted by Crippen LogP contribution is 2.29. The third-order valence-corrected chi connectivity index (χ3v) is 2.71. The van der Waals surface area contributed by atoms with Crippen molar-refractivity contribution in [3.05, 3.63) is 22.8 Å². The molecule has 0 saturated heterocycles. The first kappa shape index (κ1) is 8.11. The van der Waals surface area contributed by atoms with Gasteiger partial charge in [-0.25, -0.2) is 0 Å². The lowest BCUT2D eigenvalue weighted by Gasteiger charge is -2.27. The van der Waals surface area contributed by atoms with E-state index in [-0.39, 0.29) is 0 Å². The quantitative estimate of drug-likeness (QED) is 0.543. The molecule has 0 fully saturated rings. The second kappa shape index (κ2) is 2.95. The summed E-state index contributed by atoms with van der Waals surface area (Å²) in [5.41, 5.74) is 0. The second-order valence-electron chi connectivity index (χ2n) is 1.82. The zero-order valence-corrected chi connectivity index (χ0v) is 7.74. The molecule has 0 aromatic rings. The molecule has 1 unspecified atom stereocenters. The van der Waals surface area contributed by atoms with Crippen LogP contribution in [0.4, 0.5) is 0 Å². The third kappa shape index (κ3) is 1.36. The summed E-state index contributed by atoms with van der Waals surface area (Å²) in [5, 5.41) is 1.93. The molecule has 0 aromatic carbocycles. The fourth-order valence-corrected chi connectivity index (χ4v) is 1.18. The maximum Gasteiger partial charge on any atom is 0.250 e. The molecule has 2 nitrogen and oxygen atoms in total. The highest BCUT2D eigenvalue weighted by molar-refractivity contribution is 9.11. The van der Waals surface area contributed by atoms with E-state index in [0.717, 1.165) is 4.48 Å². The van der Waals surface area contributed by atoms with Crippen LogP contribution in [0.15, 0.2) is 22.8 Å². The van der Waals surface area contributed by atoms with E-state index in [2.05, 4.69) is 21.2 Å². The Morgan fingerprint density at radius 2 is 2.50 bits per heavy atom. The van der Waals surface area contributed by atoms with E-state index >= 15 is 0 Å². The first-order chi connectivity index (χ1) is 4.69. The molecule has 10 heavy (non-hydrogen) atoms. The molecule has 0 amide bonds. The Balaban J connectivity index is 2.81. The Labute approximate surface area is 73.0 Å². The van der Waals surface area contributed by atoms with Gasteiger partial charge in [0.1, 0.15) is 0 Å². The smallest absolute Gasteiger partial charge is 0.250 e. The lowest BCUT2D eigenvalue weighted by Crippen LogP contribution is -2.39. The molecule has 0 radical (unpaired) electrons. The van der Waals surface area contributed by atoms with Crippen molar-refractivity contribution in [3.63, 3.8) is 0 Å². The van der Waals surface area contributed by atoms with Gasteiger partial charge < -0.3 is 10.1 Å². The number of dihydropyridines is 1. The van der Waals surface area contributed by atoms with E-state index < -0.39 is 5.18 Å². The normalized spacial score (nSPS) is 31.3. The molecule has 1 N–H and O–H groups in total. The van der Waals surface area contributed by atoms with Crippen LogP contribution in [0.2, 0.25) is 0 Å². The van der Waals surface area contributed by atoms with Gasteiger partial charge in [0, 0.05) is 13.3 Å². The zero-order valence-electron chi connectivity index (χ0n) is 5.40. The number of hydrogen-bond donors (Lipinski definition) is 1. The van der Waals surface area contributed by atoms with Crippen LogP contribution >= 0.6 is 27.5 Å². The summed E-state index contributed by atoms with van der Waals surface area (Å²) in [6, 6.07) is 0. The summed E-state index contributed by atoms with van der Waals surface area (Å²) in [4.78, 5) is 0. The van der Waals surface area contributed by atoms with Crippen molar-refractivity contribution in [1.82, 2.24) is 5.32 Å². The predicted octanol–water partition coefficient (Wildman–Crippen LogP) is 1.92. The van der Waals surface area contributed by atoms with E-state index in [1.165, 1.54) is 7.11 Å². The van der Waals surface area contributed by atoms with Crippen molar-refractivity contribution in [1.29, 1.82) is 0 Å². The average molecular weight is 224 g/mol. The van der Waals surface area contributed by atoms with Crippen LogP contribution in [0.3, 0.4) is 0 Å². The van der Waals surface area contributed by atoms with Crippen molar-refractivity contribution >= 4 is 27.5 Å². The van der Waals surface area contributed by atoms with Crippen LogP contribution in [0.5, 0.6) is 0 Å². The molecule has 0 aromatic heterocycles. The number of halogens is 2. The van der Waals surface area contributed by atoms with Gasteiger partial charge in [0.2, 0.25) is 5.18 Å². The molecule has 1 heterocycles. The number of methoxy groups -OCH3 is 1. The Morgan fingerprint density at radius 1 is 1.80 bits per heavy atom. The van der Waals surface area contributed by atoms with Gasteiger partial charge in [0.05, 0.1) is 4.48 Å². The summed E-state index contributed by atoms with van der Waals surface area (Å²) in [6.07, 6.45) is 5.39. The van der Waals surface area contributed by atoms with E-state index in [1.54, 1.807) is 6.20 Å². The van der Waals surface area contributed by atoms with Crippen molar-refractivity contribution in [3.8, 4) is 0 Å². The maximum atomic E-state index is 5.91. The highest BCUT2D eigenvalue weighted by atomic mass is 79.9. The molecule has 56 valence electrons. The van der Waals surface area contributed by atoms with Crippen molar-refractivity contribution < 1.29 is 4.74 Å². The Morgan fingerprint density at radius 3 is 2.90 bits per heavy atom. The first-order valence-electron chi connectivity index (χ1n) is 2.73. The van der Waals surface area contributed by atoms with Crippen molar-refractivity contribution in [2.24, 2.45) is 0 Å². The molecule has 0 aliphatic carbocycles.